The number of rotatable bonds is 27. The fourth-order valence-corrected chi connectivity index (χ4v) is 7.10. The van der Waals surface area contributed by atoms with Crippen LogP contribution in [0, 0.1) is 0 Å². The van der Waals surface area contributed by atoms with Gasteiger partial charge < -0.3 is 26.6 Å². The van der Waals surface area contributed by atoms with Crippen molar-refractivity contribution in [3.8, 4) is 0 Å². The van der Waals surface area contributed by atoms with Crippen LogP contribution in [0.5, 0.6) is 0 Å². The van der Waals surface area contributed by atoms with E-state index in [0.29, 0.717) is 42.9 Å². The van der Waals surface area contributed by atoms with Crippen molar-refractivity contribution in [3.05, 3.63) is 102 Å². The molecule has 48 heavy (non-hydrogen) atoms. The molecule has 0 aromatic carbocycles. The van der Waals surface area contributed by atoms with Gasteiger partial charge in [0.15, 0.2) is 0 Å². The first-order valence-corrected chi connectivity index (χ1v) is 19.3. The fourth-order valence-electron chi connectivity index (χ4n) is 4.46. The highest BCUT2D eigenvalue weighted by molar-refractivity contribution is 8.77. The zero-order valence-corrected chi connectivity index (χ0v) is 30.7. The number of carbonyl (C=O) groups is 2. The molecule has 0 saturated carbocycles. The molecule has 0 saturated heterocycles. The molecule has 1 rings (SSSR count). The highest BCUT2D eigenvalue weighted by atomic mass is 33.1. The molecule has 266 valence electrons. The van der Waals surface area contributed by atoms with Crippen molar-refractivity contribution in [2.24, 2.45) is 5.73 Å². The number of hydrogen-bond donors (Lipinski definition) is 5. The lowest BCUT2D eigenvalue weighted by molar-refractivity contribution is -0.120. The number of primary amides is 1. The van der Waals surface area contributed by atoms with Crippen molar-refractivity contribution in [2.45, 2.75) is 88.9 Å². The van der Waals surface area contributed by atoms with Gasteiger partial charge in [-0.15, -0.1) is 0 Å². The molecule has 0 aliphatic rings. The minimum absolute atomic E-state index is 0.0310. The van der Waals surface area contributed by atoms with Gasteiger partial charge in [0.05, 0.1) is 24.0 Å². The summed E-state index contributed by atoms with van der Waals surface area (Å²) in [6.45, 7) is 7.15. The predicted molar refractivity (Wildman–Crippen MR) is 206 cm³/mol. The van der Waals surface area contributed by atoms with Crippen LogP contribution in [-0.2, 0) is 4.79 Å². The summed E-state index contributed by atoms with van der Waals surface area (Å²) < 4.78 is -0.375. The van der Waals surface area contributed by atoms with E-state index in [1.807, 2.05) is 0 Å². The average Bonchev–Trinajstić information content (AvgIpc) is 3.07. The number of aliphatic hydroxyl groups excluding tert-OH is 2. The van der Waals surface area contributed by atoms with E-state index in [0.717, 1.165) is 38.5 Å². The van der Waals surface area contributed by atoms with Crippen molar-refractivity contribution >= 4 is 33.4 Å². The van der Waals surface area contributed by atoms with Gasteiger partial charge in [-0.1, -0.05) is 101 Å². The van der Waals surface area contributed by atoms with E-state index in [1.165, 1.54) is 0 Å². The van der Waals surface area contributed by atoms with Crippen molar-refractivity contribution in [1.29, 1.82) is 0 Å². The largest absolute Gasteiger partial charge is 0.394 e. The van der Waals surface area contributed by atoms with Gasteiger partial charge in [-0.25, -0.2) is 0 Å². The van der Waals surface area contributed by atoms with E-state index in [-0.39, 0.29) is 29.7 Å². The molecular weight excluding hydrogens is 641 g/mol. The Morgan fingerprint density at radius 2 is 1.48 bits per heavy atom. The van der Waals surface area contributed by atoms with Gasteiger partial charge in [-0.2, -0.15) is 0 Å². The molecule has 0 spiro atoms. The van der Waals surface area contributed by atoms with Gasteiger partial charge in [0.25, 0.3) is 5.91 Å². The zero-order chi connectivity index (χ0) is 35.3. The Morgan fingerprint density at radius 1 is 0.917 bits per heavy atom. The molecule has 0 aliphatic heterocycles. The van der Waals surface area contributed by atoms with E-state index < -0.39 is 12.0 Å². The average molecular weight is 699 g/mol. The first-order chi connectivity index (χ1) is 23.2. The number of aliphatic hydroxyl groups is 2. The number of nitrogens with one attached hydrogen (secondary N) is 2. The van der Waals surface area contributed by atoms with Crippen LogP contribution in [0.1, 0.15) is 94.1 Å². The standard InChI is InChI=1S/C38H58N4O4S2/c1-4-5-6-7-8-9-10-11-12-13-14-15-16-17-18-19-20-21-22-25-35(45)41-27-28-47-48-38(2,3)34(30-40-29-32(44)31-43)36-33(37(39)46)24-23-26-42-36/h5-6,8-9,11-12,14-15,17-18,20-21,23-24,26,32,34,40,43-44H,4,7,10,13,16,19,22,25,27-31H2,1-3H3,(H2,39,46)(H,41,45)/b6-5-,9-8-,12-11-,15-14-,18-17-,21-20-/t32-,34-/m1/s1. The molecule has 10 heteroatoms. The number of nitrogens with zero attached hydrogens (tertiary/aromatic N) is 1. The van der Waals surface area contributed by atoms with Crippen LogP contribution in [0.4, 0.5) is 0 Å². The van der Waals surface area contributed by atoms with Gasteiger partial charge in [-0.05, 0) is 70.9 Å². The molecular formula is C38H58N4O4S2. The second kappa shape index (κ2) is 28.0. The quantitative estimate of drug-likeness (QED) is 0.0378. The summed E-state index contributed by atoms with van der Waals surface area (Å²) in [6.07, 6.45) is 33.8. The van der Waals surface area contributed by atoms with Crippen LogP contribution in [0.25, 0.3) is 0 Å². The van der Waals surface area contributed by atoms with Crippen LogP contribution < -0.4 is 16.4 Å². The van der Waals surface area contributed by atoms with E-state index in [9.17, 15) is 14.7 Å². The maximum atomic E-state index is 12.3. The first kappa shape index (κ1) is 43.1. The van der Waals surface area contributed by atoms with E-state index in [4.69, 9.17) is 10.8 Å². The van der Waals surface area contributed by atoms with Gasteiger partial charge in [0.1, 0.15) is 0 Å². The summed E-state index contributed by atoms with van der Waals surface area (Å²) in [5.74, 6) is -0.00339. The first-order valence-electron chi connectivity index (χ1n) is 16.9. The molecule has 0 aliphatic carbocycles. The third-order valence-electron chi connectivity index (χ3n) is 7.13. The SMILES string of the molecule is CC/C=C\C/C=C\C/C=C\C/C=C\C/C=C\C/C=C\CCC(=O)NCCSSC(C)(C)[C@H](CNC[C@@H](O)CO)c1ncccc1C(N)=O. The molecule has 0 radical (unpaired) electrons. The third-order valence-corrected chi connectivity index (χ3v) is 10.5. The Bertz CT molecular complexity index is 1210. The van der Waals surface area contributed by atoms with Gasteiger partial charge >= 0.3 is 0 Å². The highest BCUT2D eigenvalue weighted by Gasteiger charge is 2.35. The molecule has 1 aromatic heterocycles. The van der Waals surface area contributed by atoms with Crippen molar-refractivity contribution in [1.82, 2.24) is 15.6 Å². The number of hydrogen-bond acceptors (Lipinski definition) is 8. The Hall–Kier alpha value is -2.89. The van der Waals surface area contributed by atoms with Crippen molar-refractivity contribution < 1.29 is 19.8 Å². The number of carbonyl (C=O) groups excluding carboxylic acids is 2. The normalized spacial score (nSPS) is 14.0. The highest BCUT2D eigenvalue weighted by Crippen LogP contribution is 2.45. The minimum atomic E-state index is -0.877. The molecule has 0 fully saturated rings. The van der Waals surface area contributed by atoms with Gasteiger partial charge in [0, 0.05) is 48.7 Å². The summed E-state index contributed by atoms with van der Waals surface area (Å²) in [7, 11) is 3.30. The number of amides is 2. The summed E-state index contributed by atoms with van der Waals surface area (Å²) in [5, 5.41) is 25.1. The Morgan fingerprint density at radius 3 is 2.02 bits per heavy atom. The smallest absolute Gasteiger partial charge is 0.250 e. The van der Waals surface area contributed by atoms with E-state index >= 15 is 0 Å². The Labute approximate surface area is 297 Å². The lowest BCUT2D eigenvalue weighted by Gasteiger charge is -2.34. The summed E-state index contributed by atoms with van der Waals surface area (Å²) in [6, 6.07) is 3.35. The van der Waals surface area contributed by atoms with Crippen LogP contribution in [0.2, 0.25) is 0 Å². The van der Waals surface area contributed by atoms with Gasteiger partial charge in [-0.3, -0.25) is 14.6 Å². The molecule has 1 heterocycles. The Kier molecular flexibility index (Phi) is 25.2. The van der Waals surface area contributed by atoms with Crippen molar-refractivity contribution in [3.63, 3.8) is 0 Å². The number of pyridine rings is 1. The number of allylic oxidation sites excluding steroid dienone is 12. The Balaban J connectivity index is 2.29. The maximum absolute atomic E-state index is 12.3. The van der Waals surface area contributed by atoms with Gasteiger partial charge in [0.2, 0.25) is 5.91 Å². The molecule has 1 aromatic rings. The molecule has 2 atom stereocenters. The van der Waals surface area contributed by atoms with E-state index in [1.54, 1.807) is 39.9 Å². The minimum Gasteiger partial charge on any atom is -0.394 e. The van der Waals surface area contributed by atoms with Crippen LogP contribution in [0.15, 0.2) is 91.2 Å². The molecule has 6 N–H and O–H groups in total. The zero-order valence-electron chi connectivity index (χ0n) is 29.1. The number of nitrogens with two attached hydrogens (primary N) is 1. The maximum Gasteiger partial charge on any atom is 0.250 e. The lowest BCUT2D eigenvalue weighted by atomic mass is 9.88. The molecule has 2 amide bonds. The predicted octanol–water partition coefficient (Wildman–Crippen LogP) is 6.96. The molecule has 0 unspecified atom stereocenters. The second-order valence-corrected chi connectivity index (χ2v) is 14.7. The van der Waals surface area contributed by atoms with E-state index in [2.05, 4.69) is 109 Å². The molecule has 0 bridgehead atoms. The fraction of sp³-hybridized carbons (Fsp3) is 0.500. The summed E-state index contributed by atoms with van der Waals surface area (Å²) in [5.41, 5.74) is 6.60. The number of aromatic nitrogens is 1. The van der Waals surface area contributed by atoms with Crippen molar-refractivity contribution in [2.75, 3.05) is 32.0 Å². The summed E-state index contributed by atoms with van der Waals surface area (Å²) in [4.78, 5) is 28.9. The third kappa shape index (κ3) is 21.2. The topological polar surface area (TPSA) is 138 Å². The second-order valence-electron chi connectivity index (χ2n) is 11.7. The van der Waals surface area contributed by atoms with Crippen LogP contribution in [-0.4, -0.2) is 69.9 Å². The molecule has 8 nitrogen and oxygen atoms in total. The van der Waals surface area contributed by atoms with Crippen LogP contribution in [0.3, 0.4) is 0 Å². The van der Waals surface area contributed by atoms with Crippen LogP contribution >= 0.6 is 21.6 Å². The lowest BCUT2D eigenvalue weighted by Crippen LogP contribution is -2.39. The summed E-state index contributed by atoms with van der Waals surface area (Å²) >= 11 is 0. The monoisotopic (exact) mass is 698 g/mol.